The van der Waals surface area contributed by atoms with Gasteiger partial charge in [0.1, 0.15) is 0 Å². The fraction of sp³-hybridized carbons (Fsp3) is 0.250. The zero-order valence-corrected chi connectivity index (χ0v) is 13.9. The second-order valence-corrected chi connectivity index (χ2v) is 7.29. The van der Waals surface area contributed by atoms with Gasteiger partial charge in [0.15, 0.2) is 0 Å². The minimum Gasteiger partial charge on any atom is -0.0913 e. The molecule has 0 radical (unpaired) electrons. The molecule has 96 valence electrons. The number of hydrogen-bond donors (Lipinski definition) is 0. The van der Waals surface area contributed by atoms with Gasteiger partial charge in [-0.25, -0.2) is 0 Å². The van der Waals surface area contributed by atoms with E-state index < -0.39 is 0 Å². The maximum absolute atomic E-state index is 3.43. The Labute approximate surface area is 127 Å². The molecule has 18 heavy (non-hydrogen) atoms. The third-order valence-electron chi connectivity index (χ3n) is 2.20. The summed E-state index contributed by atoms with van der Waals surface area (Å²) in [5.41, 5.74) is 2.55. The first-order valence-electron chi connectivity index (χ1n) is 5.88. The smallest absolute Gasteiger partial charge is 0.0298 e. The van der Waals surface area contributed by atoms with Gasteiger partial charge in [-0.1, -0.05) is 92.5 Å². The molecule has 0 N–H and O–H groups in total. The van der Waals surface area contributed by atoms with E-state index in [9.17, 15) is 0 Å². The van der Waals surface area contributed by atoms with E-state index in [-0.39, 0.29) is 4.32 Å². The summed E-state index contributed by atoms with van der Waals surface area (Å²) in [7, 11) is 0. The van der Waals surface area contributed by atoms with Crippen LogP contribution in [0.2, 0.25) is 0 Å². The summed E-state index contributed by atoms with van der Waals surface area (Å²) in [5, 5.41) is 1.00. The first kappa shape index (κ1) is 15.5. The van der Waals surface area contributed by atoms with Gasteiger partial charge in [0.25, 0.3) is 0 Å². The Morgan fingerprint density at radius 3 is 1.28 bits per heavy atom. The maximum Gasteiger partial charge on any atom is 0.0298 e. The van der Waals surface area contributed by atoms with Crippen molar-refractivity contribution < 1.29 is 0 Å². The van der Waals surface area contributed by atoms with Gasteiger partial charge in [0.05, 0.1) is 0 Å². The van der Waals surface area contributed by atoms with Crippen molar-refractivity contribution in [1.29, 1.82) is 0 Å². The number of benzene rings is 2. The van der Waals surface area contributed by atoms with Crippen molar-refractivity contribution in [3.05, 3.63) is 60.7 Å². The zero-order valence-electron chi connectivity index (χ0n) is 10.7. The molecule has 0 saturated heterocycles. The summed E-state index contributed by atoms with van der Waals surface area (Å²) in [6.07, 6.45) is 0. The molecule has 0 amide bonds. The van der Waals surface area contributed by atoms with Crippen LogP contribution in [-0.4, -0.2) is 9.65 Å². The second-order valence-electron chi connectivity index (χ2n) is 4.58. The molecule has 0 bridgehead atoms. The number of hydrogen-bond acceptors (Lipinski definition) is 0. The Balaban J connectivity index is 0.000000232. The lowest BCUT2D eigenvalue weighted by Gasteiger charge is -2.08. The van der Waals surface area contributed by atoms with E-state index in [1.54, 1.807) is 0 Å². The van der Waals surface area contributed by atoms with Gasteiger partial charge < -0.3 is 0 Å². The normalized spacial score (nSPS) is 10.4. The summed E-state index contributed by atoms with van der Waals surface area (Å²) in [4.78, 5) is 0. The van der Waals surface area contributed by atoms with Crippen LogP contribution in [0.5, 0.6) is 0 Å². The molecule has 2 rings (SSSR count). The van der Waals surface area contributed by atoms with E-state index in [1.807, 2.05) is 12.1 Å². The molecule has 0 saturated carbocycles. The highest BCUT2D eigenvalue weighted by molar-refractivity contribution is 9.12. The third-order valence-corrected chi connectivity index (χ3v) is 4.63. The highest BCUT2D eigenvalue weighted by Crippen LogP contribution is 2.17. The van der Waals surface area contributed by atoms with E-state index in [1.165, 1.54) is 11.1 Å². The average molecular weight is 370 g/mol. The van der Waals surface area contributed by atoms with Gasteiger partial charge in [0.2, 0.25) is 0 Å². The van der Waals surface area contributed by atoms with Gasteiger partial charge in [-0.05, 0) is 25.0 Å². The second kappa shape index (κ2) is 7.75. The molecular formula is C16H18Br2. The zero-order chi connectivity index (χ0) is 13.4. The van der Waals surface area contributed by atoms with Crippen molar-refractivity contribution in [1.82, 2.24) is 0 Å². The molecule has 2 aromatic rings. The van der Waals surface area contributed by atoms with Crippen molar-refractivity contribution in [2.45, 2.75) is 18.2 Å². The molecule has 0 unspecified atom stereocenters. The minimum atomic E-state index is 0.271. The highest BCUT2D eigenvalue weighted by atomic mass is 79.9. The topological polar surface area (TPSA) is 0 Å². The van der Waals surface area contributed by atoms with E-state index in [0.717, 1.165) is 5.33 Å². The molecule has 0 spiro atoms. The van der Waals surface area contributed by atoms with Crippen molar-refractivity contribution in [3.63, 3.8) is 0 Å². The Bertz CT molecular complexity index is 392. The summed E-state index contributed by atoms with van der Waals surface area (Å²) >= 11 is 6.75. The summed E-state index contributed by atoms with van der Waals surface area (Å²) in [5.74, 6) is 0. The molecule has 0 fully saturated rings. The number of rotatable bonds is 2. The average Bonchev–Trinajstić information content (AvgIpc) is 2.41. The van der Waals surface area contributed by atoms with Crippen LogP contribution in [0.25, 0.3) is 11.1 Å². The predicted octanol–water partition coefficient (Wildman–Crippen LogP) is 5.91. The van der Waals surface area contributed by atoms with E-state index in [0.29, 0.717) is 0 Å². The molecule has 0 aliphatic heterocycles. The molecule has 0 nitrogen and oxygen atoms in total. The Kier molecular flexibility index (Phi) is 6.66. The van der Waals surface area contributed by atoms with Gasteiger partial charge in [-0.3, -0.25) is 0 Å². The third kappa shape index (κ3) is 6.36. The molecule has 0 atom stereocenters. The minimum absolute atomic E-state index is 0.271. The molecule has 0 heterocycles. The van der Waals surface area contributed by atoms with Crippen LogP contribution < -0.4 is 0 Å². The van der Waals surface area contributed by atoms with Crippen molar-refractivity contribution in [3.8, 4) is 11.1 Å². The fourth-order valence-corrected chi connectivity index (χ4v) is 1.26. The Morgan fingerprint density at radius 2 is 1.06 bits per heavy atom. The molecule has 2 heteroatoms. The molecule has 0 aliphatic rings. The van der Waals surface area contributed by atoms with Crippen LogP contribution in [0.3, 0.4) is 0 Å². The van der Waals surface area contributed by atoms with Crippen LogP contribution in [0, 0.1) is 0 Å². The van der Waals surface area contributed by atoms with Gasteiger partial charge >= 0.3 is 0 Å². The van der Waals surface area contributed by atoms with Gasteiger partial charge in [0, 0.05) is 9.65 Å². The van der Waals surface area contributed by atoms with Crippen LogP contribution >= 0.6 is 31.9 Å². The van der Waals surface area contributed by atoms with Crippen molar-refractivity contribution >= 4 is 31.9 Å². The van der Waals surface area contributed by atoms with E-state index >= 15 is 0 Å². The van der Waals surface area contributed by atoms with Crippen LogP contribution in [0.4, 0.5) is 0 Å². The number of halogens is 2. The van der Waals surface area contributed by atoms with Crippen LogP contribution in [0.15, 0.2) is 60.7 Å². The lowest BCUT2D eigenvalue weighted by atomic mass is 10.1. The molecule has 0 aromatic heterocycles. The van der Waals surface area contributed by atoms with Crippen LogP contribution in [-0.2, 0) is 0 Å². The lowest BCUT2D eigenvalue weighted by Crippen LogP contribution is -2.09. The summed E-state index contributed by atoms with van der Waals surface area (Å²) < 4.78 is 0.271. The lowest BCUT2D eigenvalue weighted by molar-refractivity contribution is 0.844. The van der Waals surface area contributed by atoms with Crippen molar-refractivity contribution in [2.75, 3.05) is 5.33 Å². The molecule has 0 aliphatic carbocycles. The largest absolute Gasteiger partial charge is 0.0913 e. The standard InChI is InChI=1S/C12H10.C4H8Br2/c1-3-7-11(8-4-1)12-9-5-2-6-10-12;1-4(2,6)3-5/h1-10H;3H2,1-2H3. The first-order chi connectivity index (χ1) is 8.53. The molecular weight excluding hydrogens is 352 g/mol. The number of alkyl halides is 2. The molecule has 2 aromatic carbocycles. The van der Waals surface area contributed by atoms with Gasteiger partial charge in [-0.2, -0.15) is 0 Å². The fourth-order valence-electron chi connectivity index (χ4n) is 1.26. The van der Waals surface area contributed by atoms with Gasteiger partial charge in [-0.15, -0.1) is 0 Å². The van der Waals surface area contributed by atoms with E-state index in [2.05, 4.69) is 94.2 Å². The van der Waals surface area contributed by atoms with Crippen molar-refractivity contribution in [2.24, 2.45) is 0 Å². The monoisotopic (exact) mass is 368 g/mol. The van der Waals surface area contributed by atoms with Crippen LogP contribution in [0.1, 0.15) is 13.8 Å². The maximum atomic E-state index is 3.43. The Hall–Kier alpha value is -0.600. The quantitative estimate of drug-likeness (QED) is 0.577. The Morgan fingerprint density at radius 1 is 0.778 bits per heavy atom. The van der Waals surface area contributed by atoms with E-state index in [4.69, 9.17) is 0 Å². The first-order valence-corrected chi connectivity index (χ1v) is 7.80. The highest BCUT2D eigenvalue weighted by Gasteiger charge is 2.07. The SMILES string of the molecule is CC(C)(Br)CBr.c1ccc(-c2ccccc2)cc1. The summed E-state index contributed by atoms with van der Waals surface area (Å²) in [6, 6.07) is 20.8. The predicted molar refractivity (Wildman–Crippen MR) is 88.7 cm³/mol. The summed E-state index contributed by atoms with van der Waals surface area (Å²) in [6.45, 7) is 4.23.